The van der Waals surface area contributed by atoms with Gasteiger partial charge in [-0.05, 0) is 97.7 Å². The molecule has 0 spiro atoms. The van der Waals surface area contributed by atoms with Gasteiger partial charge in [0.1, 0.15) is 0 Å². The molecule has 4 aliphatic carbocycles. The Morgan fingerprint density at radius 3 is 2.75 bits per heavy atom. The molecule has 0 unspecified atom stereocenters. The Morgan fingerprint density at radius 2 is 2.00 bits per heavy atom. The van der Waals surface area contributed by atoms with Crippen LogP contribution >= 0.6 is 0 Å². The molecular weight excluding hydrogens is 348 g/mol. The minimum atomic E-state index is -0.0727. The van der Waals surface area contributed by atoms with Gasteiger partial charge in [-0.2, -0.15) is 0 Å². The van der Waals surface area contributed by atoms with E-state index >= 15 is 0 Å². The van der Waals surface area contributed by atoms with E-state index in [-0.39, 0.29) is 17.5 Å². The molecule has 158 valence electrons. The molecule has 0 aromatic carbocycles. The number of aliphatic hydroxyl groups excluding tert-OH is 1. The molecule has 3 nitrogen and oxygen atoms in total. The Morgan fingerprint density at radius 1 is 1.21 bits per heavy atom. The molecule has 4 rings (SSSR count). The van der Waals surface area contributed by atoms with Gasteiger partial charge in [0, 0.05) is 6.42 Å². The minimum absolute atomic E-state index is 0.0704. The van der Waals surface area contributed by atoms with Gasteiger partial charge in [0.25, 0.3) is 0 Å². The Hall–Kier alpha value is -0.830. The molecule has 0 radical (unpaired) electrons. The highest BCUT2D eigenvalue weighted by Crippen LogP contribution is 2.66. The van der Waals surface area contributed by atoms with Crippen LogP contribution in [0.5, 0.6) is 0 Å². The van der Waals surface area contributed by atoms with E-state index in [1.54, 1.807) is 0 Å². The van der Waals surface area contributed by atoms with Crippen LogP contribution in [0.25, 0.3) is 0 Å². The van der Waals surface area contributed by atoms with E-state index in [0.29, 0.717) is 35.5 Å². The summed E-state index contributed by atoms with van der Waals surface area (Å²) in [6, 6.07) is 0. The standard InChI is InChI=1S/C25H40O3/c1-16(5-10-23(27)28-4)20-8-9-21-19-7-6-17-15-18(26)11-13-24(17,2)22(19)12-14-25(20,21)3/h12,14,16-22,26H,5-11,13,15H2,1-4H3/t16-,17+,18+,19+,20-,21+,22+,24+,25-/m1/s1. The van der Waals surface area contributed by atoms with Crippen LogP contribution < -0.4 is 0 Å². The van der Waals surface area contributed by atoms with Crippen LogP contribution in [0.15, 0.2) is 12.2 Å². The molecule has 1 N–H and O–H groups in total. The van der Waals surface area contributed by atoms with Crippen molar-refractivity contribution in [3.8, 4) is 0 Å². The lowest BCUT2D eigenvalue weighted by molar-refractivity contribution is -0.141. The predicted molar refractivity (Wildman–Crippen MR) is 112 cm³/mol. The molecule has 3 fully saturated rings. The van der Waals surface area contributed by atoms with Gasteiger partial charge < -0.3 is 9.84 Å². The maximum Gasteiger partial charge on any atom is 0.305 e. The maximum absolute atomic E-state index is 11.6. The Balaban J connectivity index is 1.53. The largest absolute Gasteiger partial charge is 0.469 e. The molecule has 28 heavy (non-hydrogen) atoms. The first-order chi connectivity index (χ1) is 13.3. The summed E-state index contributed by atoms with van der Waals surface area (Å²) in [5.74, 6) is 4.16. The summed E-state index contributed by atoms with van der Waals surface area (Å²) in [6.07, 6.45) is 15.1. The van der Waals surface area contributed by atoms with Crippen LogP contribution in [0, 0.1) is 46.3 Å². The fourth-order valence-corrected chi connectivity index (χ4v) is 8.20. The number of fused-ring (bicyclic) bond motifs is 5. The van der Waals surface area contributed by atoms with Crippen molar-refractivity contribution in [1.29, 1.82) is 0 Å². The third kappa shape index (κ3) is 3.16. The van der Waals surface area contributed by atoms with E-state index < -0.39 is 0 Å². The predicted octanol–water partition coefficient (Wildman–Crippen LogP) is 5.37. The third-order valence-electron chi connectivity index (χ3n) is 9.86. The highest BCUT2D eigenvalue weighted by molar-refractivity contribution is 5.69. The summed E-state index contributed by atoms with van der Waals surface area (Å²) in [5.41, 5.74) is 0.669. The number of aliphatic hydroxyl groups is 1. The molecule has 0 amide bonds. The van der Waals surface area contributed by atoms with E-state index in [9.17, 15) is 9.90 Å². The van der Waals surface area contributed by atoms with Gasteiger partial charge in [0.2, 0.25) is 0 Å². The number of rotatable bonds is 4. The quantitative estimate of drug-likeness (QED) is 0.520. The van der Waals surface area contributed by atoms with Crippen molar-refractivity contribution in [2.45, 2.75) is 84.7 Å². The lowest BCUT2D eigenvalue weighted by Gasteiger charge is -2.58. The molecule has 3 heteroatoms. The van der Waals surface area contributed by atoms with Gasteiger partial charge in [0.05, 0.1) is 13.2 Å². The molecule has 0 aromatic rings. The van der Waals surface area contributed by atoms with E-state index in [0.717, 1.165) is 31.1 Å². The topological polar surface area (TPSA) is 46.5 Å². The van der Waals surface area contributed by atoms with Gasteiger partial charge in [0.15, 0.2) is 0 Å². The first kappa shape index (κ1) is 20.4. The van der Waals surface area contributed by atoms with Crippen LogP contribution in [-0.2, 0) is 9.53 Å². The second-order valence-electron chi connectivity index (χ2n) is 11.0. The van der Waals surface area contributed by atoms with Gasteiger partial charge in [-0.25, -0.2) is 0 Å². The second kappa shape index (κ2) is 7.45. The normalized spacial score (nSPS) is 48.3. The van der Waals surface area contributed by atoms with Crippen molar-refractivity contribution < 1.29 is 14.6 Å². The van der Waals surface area contributed by atoms with Crippen LogP contribution in [0.4, 0.5) is 0 Å². The second-order valence-corrected chi connectivity index (χ2v) is 11.0. The number of allylic oxidation sites excluding steroid dienone is 2. The van der Waals surface area contributed by atoms with E-state index in [2.05, 4.69) is 32.9 Å². The molecule has 0 saturated heterocycles. The zero-order chi connectivity index (χ0) is 20.1. The monoisotopic (exact) mass is 388 g/mol. The van der Waals surface area contributed by atoms with Crippen LogP contribution in [0.1, 0.15) is 78.6 Å². The Labute approximate surface area is 171 Å². The van der Waals surface area contributed by atoms with Gasteiger partial charge in [-0.15, -0.1) is 0 Å². The van der Waals surface area contributed by atoms with Gasteiger partial charge in [-0.1, -0.05) is 32.9 Å². The molecule has 9 atom stereocenters. The fourth-order valence-electron chi connectivity index (χ4n) is 8.20. The highest BCUT2D eigenvalue weighted by atomic mass is 16.5. The van der Waals surface area contributed by atoms with Crippen molar-refractivity contribution in [1.82, 2.24) is 0 Å². The lowest BCUT2D eigenvalue weighted by atomic mass is 9.46. The first-order valence-corrected chi connectivity index (χ1v) is 11.7. The summed E-state index contributed by atoms with van der Waals surface area (Å²) in [5, 5.41) is 10.2. The summed E-state index contributed by atoms with van der Waals surface area (Å²) < 4.78 is 4.86. The van der Waals surface area contributed by atoms with Crippen molar-refractivity contribution >= 4 is 5.97 Å². The average Bonchev–Trinajstić information content (AvgIpc) is 3.03. The van der Waals surface area contributed by atoms with Crippen molar-refractivity contribution in [2.75, 3.05) is 7.11 Å². The summed E-state index contributed by atoms with van der Waals surface area (Å²) >= 11 is 0. The molecule has 0 aromatic heterocycles. The Bertz CT molecular complexity index is 627. The van der Waals surface area contributed by atoms with E-state index in [1.165, 1.54) is 39.2 Å². The Kier molecular flexibility index (Phi) is 5.44. The van der Waals surface area contributed by atoms with Crippen molar-refractivity contribution in [2.24, 2.45) is 46.3 Å². The molecule has 4 aliphatic rings. The van der Waals surface area contributed by atoms with Crippen molar-refractivity contribution in [3.63, 3.8) is 0 Å². The average molecular weight is 389 g/mol. The van der Waals surface area contributed by atoms with E-state index in [4.69, 9.17) is 4.74 Å². The SMILES string of the molecule is COC(=O)CC[C@@H](C)[C@H]1CC[C@H]2[C@@H]3CC[C@H]4C[C@@H](O)CC[C@]4(C)[C@H]3C=C[C@]12C. The number of carbonyl (C=O) groups is 1. The molecule has 3 saturated carbocycles. The summed E-state index contributed by atoms with van der Waals surface area (Å²) in [7, 11) is 1.49. The molecule has 0 aliphatic heterocycles. The summed E-state index contributed by atoms with van der Waals surface area (Å²) in [4.78, 5) is 11.6. The number of carbonyl (C=O) groups excluding carboxylic acids is 1. The molecule has 0 bridgehead atoms. The zero-order valence-electron chi connectivity index (χ0n) is 18.3. The smallest absolute Gasteiger partial charge is 0.305 e. The fraction of sp³-hybridized carbons (Fsp3) is 0.880. The number of ether oxygens (including phenoxy) is 1. The molecular formula is C25H40O3. The minimum Gasteiger partial charge on any atom is -0.469 e. The lowest BCUT2D eigenvalue weighted by Crippen LogP contribution is -2.52. The van der Waals surface area contributed by atoms with E-state index in [1.807, 2.05) is 0 Å². The summed E-state index contributed by atoms with van der Waals surface area (Å²) in [6.45, 7) is 7.39. The van der Waals surface area contributed by atoms with Crippen LogP contribution in [0.2, 0.25) is 0 Å². The molecule has 0 heterocycles. The number of hydrogen-bond donors (Lipinski definition) is 1. The van der Waals surface area contributed by atoms with Crippen LogP contribution in [0.3, 0.4) is 0 Å². The van der Waals surface area contributed by atoms with Crippen LogP contribution in [-0.4, -0.2) is 24.3 Å². The number of esters is 1. The maximum atomic E-state index is 11.6. The van der Waals surface area contributed by atoms with Crippen molar-refractivity contribution in [3.05, 3.63) is 12.2 Å². The first-order valence-electron chi connectivity index (χ1n) is 11.7. The van der Waals surface area contributed by atoms with Gasteiger partial charge in [-0.3, -0.25) is 4.79 Å². The highest BCUT2D eigenvalue weighted by Gasteiger charge is 2.58. The third-order valence-corrected chi connectivity index (χ3v) is 9.86. The number of methoxy groups -OCH3 is 1. The van der Waals surface area contributed by atoms with Gasteiger partial charge >= 0.3 is 5.97 Å². The number of hydrogen-bond acceptors (Lipinski definition) is 3. The zero-order valence-corrected chi connectivity index (χ0v) is 18.3.